The Bertz CT molecular complexity index is 458. The maximum Gasteiger partial charge on any atom is 0.396 e. The van der Waals surface area contributed by atoms with Crippen molar-refractivity contribution < 1.29 is 13.2 Å². The third-order valence-electron chi connectivity index (χ3n) is 2.79. The lowest BCUT2D eigenvalue weighted by Gasteiger charge is -2.13. The Kier molecular flexibility index (Phi) is 4.52. The Labute approximate surface area is 123 Å². The molecule has 0 aliphatic heterocycles. The van der Waals surface area contributed by atoms with Crippen molar-refractivity contribution in [1.82, 2.24) is 9.97 Å². The van der Waals surface area contributed by atoms with E-state index in [1.54, 1.807) is 0 Å². The maximum absolute atomic E-state index is 12.5. The van der Waals surface area contributed by atoms with E-state index in [0.717, 1.165) is 28.5 Å². The minimum Gasteiger partial charge on any atom is -0.369 e. The smallest absolute Gasteiger partial charge is 0.369 e. The quantitative estimate of drug-likeness (QED) is 0.782. The number of anilines is 1. The van der Waals surface area contributed by atoms with Gasteiger partial charge in [-0.3, -0.25) is 0 Å². The summed E-state index contributed by atoms with van der Waals surface area (Å²) in [6, 6.07) is 0. The third kappa shape index (κ3) is 4.19. The van der Waals surface area contributed by atoms with E-state index in [1.165, 1.54) is 0 Å². The van der Waals surface area contributed by atoms with Gasteiger partial charge in [-0.2, -0.15) is 13.2 Å². The zero-order valence-electron chi connectivity index (χ0n) is 10.5. The van der Waals surface area contributed by atoms with Crippen molar-refractivity contribution in [2.24, 2.45) is 0 Å². The highest BCUT2D eigenvalue weighted by molar-refractivity contribution is 14.1. The predicted molar refractivity (Wildman–Crippen MR) is 75.3 cm³/mol. The lowest BCUT2D eigenvalue weighted by atomic mass is 10.2. The molecule has 0 unspecified atom stereocenters. The highest BCUT2D eigenvalue weighted by Gasteiger charge is 2.33. The topological polar surface area (TPSA) is 37.8 Å². The van der Waals surface area contributed by atoms with Gasteiger partial charge in [-0.05, 0) is 41.9 Å². The van der Waals surface area contributed by atoms with Gasteiger partial charge < -0.3 is 5.32 Å². The van der Waals surface area contributed by atoms with E-state index in [1.807, 2.05) is 6.92 Å². The Morgan fingerprint density at radius 2 is 2.00 bits per heavy atom. The second-order valence-electron chi connectivity index (χ2n) is 4.68. The zero-order chi connectivity index (χ0) is 14.0. The minimum absolute atomic E-state index is 0.131. The van der Waals surface area contributed by atoms with E-state index in [9.17, 15) is 13.2 Å². The standard InChI is InChI=1S/C12H15F3IN3/c1-2-5-17-11-9(16)10(7-3-4-7)18-8(19-11)6-12(13,14)15/h7H,2-6H2,1H3,(H,17,18,19). The molecule has 1 N–H and O–H groups in total. The molecule has 19 heavy (non-hydrogen) atoms. The monoisotopic (exact) mass is 385 g/mol. The Hall–Kier alpha value is -0.600. The van der Waals surface area contributed by atoms with Crippen LogP contribution in [0.1, 0.15) is 43.6 Å². The number of aromatic nitrogens is 2. The summed E-state index contributed by atoms with van der Waals surface area (Å²) in [6.45, 7) is 2.70. The lowest BCUT2D eigenvalue weighted by molar-refractivity contribution is -0.128. The van der Waals surface area contributed by atoms with Gasteiger partial charge in [0.15, 0.2) is 0 Å². The molecule has 0 amide bonds. The van der Waals surface area contributed by atoms with Gasteiger partial charge in [-0.15, -0.1) is 0 Å². The van der Waals surface area contributed by atoms with Crippen molar-refractivity contribution in [1.29, 1.82) is 0 Å². The van der Waals surface area contributed by atoms with E-state index in [4.69, 9.17) is 0 Å². The first-order valence-electron chi connectivity index (χ1n) is 6.27. The fourth-order valence-electron chi connectivity index (χ4n) is 1.76. The zero-order valence-corrected chi connectivity index (χ0v) is 12.7. The summed E-state index contributed by atoms with van der Waals surface area (Å²) < 4.78 is 38.3. The van der Waals surface area contributed by atoms with E-state index in [-0.39, 0.29) is 5.82 Å². The minimum atomic E-state index is -4.27. The van der Waals surface area contributed by atoms with Crippen LogP contribution in [0.3, 0.4) is 0 Å². The number of hydrogen-bond donors (Lipinski definition) is 1. The Balaban J connectivity index is 2.30. The molecule has 0 atom stereocenters. The number of halogens is 4. The van der Waals surface area contributed by atoms with Crippen molar-refractivity contribution in [2.45, 2.75) is 44.7 Å². The molecule has 3 nitrogen and oxygen atoms in total. The SMILES string of the molecule is CCCNc1nc(CC(F)(F)F)nc(C2CC2)c1I. The molecule has 1 aliphatic rings. The van der Waals surface area contributed by atoms with Crippen molar-refractivity contribution in [2.75, 3.05) is 11.9 Å². The maximum atomic E-state index is 12.5. The van der Waals surface area contributed by atoms with Crippen molar-refractivity contribution >= 4 is 28.4 Å². The highest BCUT2D eigenvalue weighted by atomic mass is 127. The number of nitrogens with zero attached hydrogens (tertiary/aromatic N) is 2. The molecule has 0 aromatic carbocycles. The van der Waals surface area contributed by atoms with Crippen LogP contribution in [-0.2, 0) is 6.42 Å². The van der Waals surface area contributed by atoms with Gasteiger partial charge in [0.25, 0.3) is 0 Å². The molecule has 0 spiro atoms. The summed E-state index contributed by atoms with van der Waals surface area (Å²) in [4.78, 5) is 8.13. The first kappa shape index (κ1) is 14.8. The fourth-order valence-corrected chi connectivity index (χ4v) is 2.63. The molecule has 1 saturated carbocycles. The molecule has 106 valence electrons. The van der Waals surface area contributed by atoms with Crippen LogP contribution < -0.4 is 5.32 Å². The summed E-state index contributed by atoms with van der Waals surface area (Å²) in [6.07, 6.45) is -2.43. The lowest BCUT2D eigenvalue weighted by Crippen LogP contribution is -2.17. The molecular weight excluding hydrogens is 370 g/mol. The average Bonchev–Trinajstić information content (AvgIpc) is 3.11. The molecule has 1 aromatic heterocycles. The fraction of sp³-hybridized carbons (Fsp3) is 0.667. The largest absolute Gasteiger partial charge is 0.396 e. The summed E-state index contributed by atoms with van der Waals surface area (Å²) in [5.41, 5.74) is 0.772. The second kappa shape index (κ2) is 5.80. The summed E-state index contributed by atoms with van der Waals surface area (Å²) in [5.74, 6) is 0.719. The summed E-state index contributed by atoms with van der Waals surface area (Å²) in [5, 5.41) is 3.09. The van der Waals surface area contributed by atoms with E-state index in [2.05, 4.69) is 37.9 Å². The third-order valence-corrected chi connectivity index (χ3v) is 3.85. The van der Waals surface area contributed by atoms with Crippen molar-refractivity contribution in [3.05, 3.63) is 15.1 Å². The first-order valence-corrected chi connectivity index (χ1v) is 7.35. The Morgan fingerprint density at radius 1 is 1.32 bits per heavy atom. The van der Waals surface area contributed by atoms with Crippen molar-refractivity contribution in [3.63, 3.8) is 0 Å². The van der Waals surface area contributed by atoms with Gasteiger partial charge in [0.2, 0.25) is 0 Å². The van der Waals surface area contributed by atoms with Crippen LogP contribution in [0.2, 0.25) is 0 Å². The van der Waals surface area contributed by atoms with Gasteiger partial charge in [0.1, 0.15) is 18.1 Å². The van der Waals surface area contributed by atoms with Crippen LogP contribution in [0, 0.1) is 3.57 Å². The predicted octanol–water partition coefficient (Wildman–Crippen LogP) is 3.89. The average molecular weight is 385 g/mol. The number of hydrogen-bond acceptors (Lipinski definition) is 3. The van der Waals surface area contributed by atoms with Crippen LogP contribution in [0.15, 0.2) is 0 Å². The molecule has 0 radical (unpaired) electrons. The number of nitrogens with one attached hydrogen (secondary N) is 1. The molecule has 7 heteroatoms. The van der Waals surface area contributed by atoms with Crippen LogP contribution in [-0.4, -0.2) is 22.7 Å². The molecule has 1 heterocycles. The first-order chi connectivity index (χ1) is 8.90. The molecule has 0 saturated heterocycles. The van der Waals surface area contributed by atoms with Crippen molar-refractivity contribution in [3.8, 4) is 0 Å². The van der Waals surface area contributed by atoms with Crippen LogP contribution in [0.5, 0.6) is 0 Å². The highest BCUT2D eigenvalue weighted by Crippen LogP contribution is 2.42. The van der Waals surface area contributed by atoms with Crippen LogP contribution in [0.25, 0.3) is 0 Å². The van der Waals surface area contributed by atoms with E-state index in [0.29, 0.717) is 18.3 Å². The number of rotatable bonds is 5. The molecule has 1 aromatic rings. The van der Waals surface area contributed by atoms with Gasteiger partial charge in [0, 0.05) is 12.5 Å². The van der Waals surface area contributed by atoms with Crippen LogP contribution >= 0.6 is 22.6 Å². The van der Waals surface area contributed by atoms with Gasteiger partial charge in [-0.1, -0.05) is 6.92 Å². The molecule has 2 rings (SSSR count). The molecular formula is C12H15F3IN3. The van der Waals surface area contributed by atoms with Crippen LogP contribution in [0.4, 0.5) is 19.0 Å². The van der Waals surface area contributed by atoms with Gasteiger partial charge in [-0.25, -0.2) is 9.97 Å². The molecule has 0 bridgehead atoms. The van der Waals surface area contributed by atoms with Gasteiger partial charge >= 0.3 is 6.18 Å². The summed E-state index contributed by atoms with van der Waals surface area (Å²) in [7, 11) is 0. The second-order valence-corrected chi connectivity index (χ2v) is 5.76. The van der Waals surface area contributed by atoms with E-state index < -0.39 is 12.6 Å². The Morgan fingerprint density at radius 3 is 2.53 bits per heavy atom. The molecule has 1 fully saturated rings. The summed E-state index contributed by atoms with van der Waals surface area (Å²) >= 11 is 2.12. The van der Waals surface area contributed by atoms with E-state index >= 15 is 0 Å². The normalized spacial score (nSPS) is 15.6. The van der Waals surface area contributed by atoms with Gasteiger partial charge in [0.05, 0.1) is 9.26 Å². The molecule has 1 aliphatic carbocycles. The number of alkyl halides is 3.